The molecule has 2 rings (SSSR count). The third kappa shape index (κ3) is 3.60. The van der Waals surface area contributed by atoms with Crippen molar-refractivity contribution in [3.05, 3.63) is 15.8 Å². The molecule has 0 atom stereocenters. The predicted molar refractivity (Wildman–Crippen MR) is 76.2 cm³/mol. The first-order valence-electron chi connectivity index (χ1n) is 5.86. The Morgan fingerprint density at radius 2 is 2.17 bits per heavy atom. The Morgan fingerprint density at radius 3 is 2.78 bits per heavy atom. The highest BCUT2D eigenvalue weighted by Crippen LogP contribution is 2.28. The third-order valence-corrected chi connectivity index (χ3v) is 3.95. The van der Waals surface area contributed by atoms with Crippen molar-refractivity contribution in [3.8, 4) is 5.75 Å². The van der Waals surface area contributed by atoms with Gasteiger partial charge >= 0.3 is 0 Å². The molecule has 1 aliphatic rings. The highest BCUT2D eigenvalue weighted by molar-refractivity contribution is 7.14. The smallest absolute Gasteiger partial charge is 0.265 e. The highest BCUT2D eigenvalue weighted by Gasteiger charge is 2.20. The molecular weight excluding hydrogens is 272 g/mol. The van der Waals surface area contributed by atoms with E-state index in [-0.39, 0.29) is 24.4 Å². The first-order chi connectivity index (χ1) is 8.20. The lowest BCUT2D eigenvalue weighted by Crippen LogP contribution is -2.42. The molecule has 0 unspecified atom stereocenters. The van der Waals surface area contributed by atoms with Crippen molar-refractivity contribution in [2.45, 2.75) is 25.8 Å². The molecule has 18 heavy (non-hydrogen) atoms. The van der Waals surface area contributed by atoms with Gasteiger partial charge in [-0.2, -0.15) is 0 Å². The second kappa shape index (κ2) is 6.97. The van der Waals surface area contributed by atoms with Gasteiger partial charge in [0.1, 0.15) is 10.6 Å². The number of methoxy groups -OCH3 is 1. The van der Waals surface area contributed by atoms with Crippen LogP contribution >= 0.6 is 23.7 Å². The van der Waals surface area contributed by atoms with Crippen molar-refractivity contribution < 1.29 is 9.53 Å². The average Bonchev–Trinajstić information content (AvgIpc) is 2.72. The van der Waals surface area contributed by atoms with Crippen molar-refractivity contribution in [2.75, 3.05) is 20.2 Å². The van der Waals surface area contributed by atoms with Crippen molar-refractivity contribution in [3.63, 3.8) is 0 Å². The first-order valence-corrected chi connectivity index (χ1v) is 6.68. The molecule has 0 saturated carbocycles. The molecule has 102 valence electrons. The maximum absolute atomic E-state index is 12.1. The molecule has 0 bridgehead atoms. The summed E-state index contributed by atoms with van der Waals surface area (Å²) in [5.41, 5.74) is 0. The first kappa shape index (κ1) is 15.3. The molecule has 0 radical (unpaired) electrons. The van der Waals surface area contributed by atoms with Crippen molar-refractivity contribution in [1.29, 1.82) is 0 Å². The van der Waals surface area contributed by atoms with E-state index in [4.69, 9.17) is 4.74 Å². The van der Waals surface area contributed by atoms with E-state index in [2.05, 4.69) is 10.6 Å². The van der Waals surface area contributed by atoms with Gasteiger partial charge in [-0.15, -0.1) is 23.7 Å². The van der Waals surface area contributed by atoms with Gasteiger partial charge in [0.2, 0.25) is 0 Å². The molecule has 1 fully saturated rings. The van der Waals surface area contributed by atoms with Gasteiger partial charge in [0.05, 0.1) is 7.11 Å². The lowest BCUT2D eigenvalue weighted by Gasteiger charge is -2.23. The standard InChI is InChI=1S/C12H18N2O2S.ClH/c1-8-7-10(16-2)11(17-8)12(15)14-9-3-5-13-6-4-9;/h7,9,13H,3-6H2,1-2H3,(H,14,15);1H. The van der Waals surface area contributed by atoms with Crippen LogP contribution in [0.2, 0.25) is 0 Å². The summed E-state index contributed by atoms with van der Waals surface area (Å²) in [6.07, 6.45) is 2.00. The fourth-order valence-corrected chi connectivity index (χ4v) is 2.90. The molecule has 1 aromatic rings. The van der Waals surface area contributed by atoms with Crippen LogP contribution in [0.15, 0.2) is 6.07 Å². The maximum Gasteiger partial charge on any atom is 0.265 e. The van der Waals surface area contributed by atoms with E-state index in [1.165, 1.54) is 11.3 Å². The van der Waals surface area contributed by atoms with Crippen molar-refractivity contribution >= 4 is 29.7 Å². The molecule has 0 spiro atoms. The second-order valence-electron chi connectivity index (χ2n) is 4.25. The van der Waals surface area contributed by atoms with Gasteiger partial charge in [0, 0.05) is 10.9 Å². The van der Waals surface area contributed by atoms with Crippen LogP contribution in [-0.4, -0.2) is 32.1 Å². The number of nitrogens with one attached hydrogen (secondary N) is 2. The number of hydrogen-bond donors (Lipinski definition) is 2. The number of hydrogen-bond acceptors (Lipinski definition) is 4. The van der Waals surface area contributed by atoms with Gasteiger partial charge in [0.25, 0.3) is 5.91 Å². The summed E-state index contributed by atoms with van der Waals surface area (Å²) in [5.74, 6) is 0.672. The Morgan fingerprint density at radius 1 is 1.50 bits per heavy atom. The lowest BCUT2D eigenvalue weighted by molar-refractivity contribution is 0.0931. The number of halogens is 1. The molecule has 1 aromatic heterocycles. The Balaban J connectivity index is 0.00000162. The quantitative estimate of drug-likeness (QED) is 0.895. The molecule has 4 nitrogen and oxygen atoms in total. The molecule has 1 amide bonds. The van der Waals surface area contributed by atoms with E-state index in [1.54, 1.807) is 7.11 Å². The van der Waals surface area contributed by atoms with Crippen LogP contribution in [0.4, 0.5) is 0 Å². The van der Waals surface area contributed by atoms with Crippen molar-refractivity contribution in [1.82, 2.24) is 10.6 Å². The number of ether oxygens (including phenoxy) is 1. The summed E-state index contributed by atoms with van der Waals surface area (Å²) in [6, 6.07) is 2.19. The fourth-order valence-electron chi connectivity index (χ4n) is 2.02. The zero-order valence-corrected chi connectivity index (χ0v) is 12.2. The second-order valence-corrected chi connectivity index (χ2v) is 5.51. The van der Waals surface area contributed by atoms with Gasteiger partial charge in [-0.1, -0.05) is 0 Å². The number of piperidine rings is 1. The van der Waals surface area contributed by atoms with Gasteiger partial charge in [0.15, 0.2) is 0 Å². The Kier molecular flexibility index (Phi) is 5.91. The van der Waals surface area contributed by atoms with E-state index in [0.29, 0.717) is 10.6 Å². The number of thiophene rings is 1. The number of carbonyl (C=O) groups is 1. The van der Waals surface area contributed by atoms with Crippen LogP contribution in [0.25, 0.3) is 0 Å². The summed E-state index contributed by atoms with van der Waals surface area (Å²) in [5, 5.41) is 6.36. The molecule has 0 aromatic carbocycles. The van der Waals surface area contributed by atoms with Gasteiger partial charge in [-0.25, -0.2) is 0 Å². The number of carbonyl (C=O) groups excluding carboxylic acids is 1. The lowest BCUT2D eigenvalue weighted by atomic mass is 10.1. The average molecular weight is 291 g/mol. The summed E-state index contributed by atoms with van der Waals surface area (Å²) in [7, 11) is 1.60. The molecule has 0 aliphatic carbocycles. The Bertz CT molecular complexity index is 403. The minimum Gasteiger partial charge on any atom is -0.495 e. The number of aryl methyl sites for hydroxylation is 1. The topological polar surface area (TPSA) is 50.4 Å². The number of rotatable bonds is 3. The van der Waals surface area contributed by atoms with Gasteiger partial charge < -0.3 is 15.4 Å². The van der Waals surface area contributed by atoms with E-state index in [0.717, 1.165) is 30.8 Å². The number of amides is 1. The van der Waals surface area contributed by atoms with Crippen LogP contribution in [-0.2, 0) is 0 Å². The summed E-state index contributed by atoms with van der Waals surface area (Å²) in [4.78, 5) is 13.9. The van der Waals surface area contributed by atoms with Crippen molar-refractivity contribution in [2.24, 2.45) is 0 Å². The van der Waals surface area contributed by atoms with E-state index >= 15 is 0 Å². The van der Waals surface area contributed by atoms with E-state index in [1.807, 2.05) is 13.0 Å². The largest absolute Gasteiger partial charge is 0.495 e. The SMILES string of the molecule is COc1cc(C)sc1C(=O)NC1CCNCC1.Cl. The molecule has 6 heteroatoms. The van der Waals surface area contributed by atoms with Crippen LogP contribution in [0.1, 0.15) is 27.4 Å². The van der Waals surface area contributed by atoms with Crippen LogP contribution in [0.3, 0.4) is 0 Å². The van der Waals surface area contributed by atoms with E-state index in [9.17, 15) is 4.79 Å². The monoisotopic (exact) mass is 290 g/mol. The third-order valence-electron chi connectivity index (χ3n) is 2.92. The minimum absolute atomic E-state index is 0. The van der Waals surface area contributed by atoms with Crippen LogP contribution in [0.5, 0.6) is 5.75 Å². The fraction of sp³-hybridized carbons (Fsp3) is 0.583. The summed E-state index contributed by atoms with van der Waals surface area (Å²) < 4.78 is 5.21. The maximum atomic E-state index is 12.1. The molecular formula is C12H19ClN2O2S. The minimum atomic E-state index is -0.00755. The van der Waals surface area contributed by atoms with Crippen LogP contribution in [0, 0.1) is 6.92 Å². The summed E-state index contributed by atoms with van der Waals surface area (Å²) >= 11 is 1.48. The van der Waals surface area contributed by atoms with Gasteiger partial charge in [-0.05, 0) is 38.9 Å². The Hall–Kier alpha value is -0.780. The highest BCUT2D eigenvalue weighted by atomic mass is 35.5. The van der Waals surface area contributed by atoms with E-state index < -0.39 is 0 Å². The molecule has 1 saturated heterocycles. The normalized spacial score (nSPS) is 15.9. The molecule has 1 aliphatic heterocycles. The van der Waals surface area contributed by atoms with Crippen LogP contribution < -0.4 is 15.4 Å². The summed E-state index contributed by atoms with van der Waals surface area (Å²) in [6.45, 7) is 3.94. The Labute approximate surface area is 118 Å². The zero-order valence-electron chi connectivity index (χ0n) is 10.6. The molecule has 2 N–H and O–H groups in total. The zero-order chi connectivity index (χ0) is 12.3. The molecule has 2 heterocycles. The predicted octanol–water partition coefficient (Wildman–Crippen LogP) is 1.97. The van der Waals surface area contributed by atoms with Gasteiger partial charge in [-0.3, -0.25) is 4.79 Å².